The van der Waals surface area contributed by atoms with Gasteiger partial charge in [-0.3, -0.25) is 9.69 Å². The first-order chi connectivity index (χ1) is 17.8. The third-order valence-electron chi connectivity index (χ3n) is 6.56. The predicted octanol–water partition coefficient (Wildman–Crippen LogP) is 4.03. The number of carbonyl (C=O) groups is 3. The standard InChI is InChI=1S/C21H33N3O.2C2HF3O2/c1-18-4-6-19(7-5-18)16-23-12-8-21(9-13-23)10-14-24(15-11-21)20(25)17-22(2)3;2*3-2(4,5)1(6)7/h4-7H,8-17H2,1-3H3;2*(H,6,7). The zero-order chi connectivity index (χ0) is 30.0. The lowest BCUT2D eigenvalue weighted by Crippen LogP contribution is -2.49. The second-order valence-electron chi connectivity index (χ2n) is 9.99. The molecule has 1 aromatic carbocycles. The fraction of sp³-hybridized carbons (Fsp3) is 0.640. The molecule has 0 atom stereocenters. The summed E-state index contributed by atoms with van der Waals surface area (Å²) in [4.78, 5) is 36.7. The third kappa shape index (κ3) is 12.7. The molecule has 0 bridgehead atoms. The van der Waals surface area contributed by atoms with Crippen molar-refractivity contribution in [1.29, 1.82) is 0 Å². The topological polar surface area (TPSA) is 101 Å². The van der Waals surface area contributed by atoms with Gasteiger partial charge in [-0.1, -0.05) is 29.8 Å². The number of amides is 1. The lowest BCUT2D eigenvalue weighted by atomic mass is 9.71. The Balaban J connectivity index is 0.000000449. The molecule has 2 N–H and O–H groups in total. The van der Waals surface area contributed by atoms with Crippen molar-refractivity contribution in [2.45, 2.75) is 51.5 Å². The molecule has 2 aliphatic heterocycles. The molecule has 1 aromatic rings. The summed E-state index contributed by atoms with van der Waals surface area (Å²) in [6.07, 6.45) is -5.22. The highest BCUT2D eigenvalue weighted by atomic mass is 19.4. The molecule has 222 valence electrons. The Morgan fingerprint density at radius 2 is 1.21 bits per heavy atom. The van der Waals surface area contributed by atoms with Gasteiger partial charge in [-0.25, -0.2) is 9.59 Å². The number of carboxylic acids is 2. The van der Waals surface area contributed by atoms with E-state index in [0.29, 0.717) is 12.0 Å². The maximum atomic E-state index is 12.2. The second kappa shape index (κ2) is 14.5. The second-order valence-corrected chi connectivity index (χ2v) is 9.99. The van der Waals surface area contributed by atoms with Crippen molar-refractivity contribution in [3.05, 3.63) is 35.4 Å². The molecule has 2 aliphatic rings. The fourth-order valence-electron chi connectivity index (χ4n) is 4.24. The Bertz CT molecular complexity index is 909. The van der Waals surface area contributed by atoms with Gasteiger partial charge in [0.15, 0.2) is 0 Å². The molecule has 0 unspecified atom stereocenters. The van der Waals surface area contributed by atoms with Gasteiger partial charge >= 0.3 is 24.3 Å². The van der Waals surface area contributed by atoms with Crippen LogP contribution in [0.2, 0.25) is 0 Å². The molecule has 0 saturated carbocycles. The number of carbonyl (C=O) groups excluding carboxylic acids is 1. The zero-order valence-electron chi connectivity index (χ0n) is 22.1. The number of alkyl halides is 6. The number of benzene rings is 1. The van der Waals surface area contributed by atoms with Crippen LogP contribution in [-0.2, 0) is 20.9 Å². The molecule has 0 radical (unpaired) electrons. The van der Waals surface area contributed by atoms with Gasteiger partial charge in [0.2, 0.25) is 5.91 Å². The molecular formula is C25H35F6N3O5. The van der Waals surface area contributed by atoms with Gasteiger partial charge in [0, 0.05) is 19.6 Å². The molecular weight excluding hydrogens is 536 g/mol. The number of hydrogen-bond donors (Lipinski definition) is 2. The number of nitrogens with zero attached hydrogens (tertiary/aromatic N) is 3. The Hall–Kier alpha value is -2.87. The van der Waals surface area contributed by atoms with Crippen LogP contribution in [0.25, 0.3) is 0 Å². The van der Waals surface area contributed by atoms with Gasteiger partial charge in [0.25, 0.3) is 0 Å². The van der Waals surface area contributed by atoms with Gasteiger partial charge < -0.3 is 20.0 Å². The van der Waals surface area contributed by atoms with E-state index in [4.69, 9.17) is 19.8 Å². The van der Waals surface area contributed by atoms with Crippen LogP contribution in [0.5, 0.6) is 0 Å². The summed E-state index contributed by atoms with van der Waals surface area (Å²) in [6, 6.07) is 8.94. The van der Waals surface area contributed by atoms with Crippen LogP contribution in [0, 0.1) is 12.3 Å². The van der Waals surface area contributed by atoms with Crippen LogP contribution in [0.1, 0.15) is 36.8 Å². The minimum absolute atomic E-state index is 0.289. The molecule has 0 aromatic heterocycles. The zero-order valence-corrected chi connectivity index (χ0v) is 22.1. The Kier molecular flexibility index (Phi) is 12.7. The van der Waals surface area contributed by atoms with E-state index in [0.717, 1.165) is 19.6 Å². The summed E-state index contributed by atoms with van der Waals surface area (Å²) >= 11 is 0. The number of aryl methyl sites for hydroxylation is 1. The monoisotopic (exact) mass is 571 g/mol. The Morgan fingerprint density at radius 1 is 0.821 bits per heavy atom. The minimum atomic E-state index is -5.08. The van der Waals surface area contributed by atoms with Crippen LogP contribution >= 0.6 is 0 Å². The van der Waals surface area contributed by atoms with Crippen LogP contribution in [0.3, 0.4) is 0 Å². The quantitative estimate of drug-likeness (QED) is 0.527. The van der Waals surface area contributed by atoms with Crippen molar-refractivity contribution in [2.24, 2.45) is 5.41 Å². The Labute approximate surface area is 223 Å². The van der Waals surface area contributed by atoms with Gasteiger partial charge in [-0.2, -0.15) is 26.3 Å². The SMILES string of the molecule is Cc1ccc(CN2CCC3(CC2)CCN(C(=O)CN(C)C)CC3)cc1.O=C(O)C(F)(F)F.O=C(O)C(F)(F)F. The average Bonchev–Trinajstić information content (AvgIpc) is 2.82. The highest BCUT2D eigenvalue weighted by molar-refractivity contribution is 5.78. The van der Waals surface area contributed by atoms with E-state index >= 15 is 0 Å². The van der Waals surface area contributed by atoms with Gasteiger partial charge in [0.1, 0.15) is 0 Å². The first-order valence-electron chi connectivity index (χ1n) is 12.2. The van der Waals surface area contributed by atoms with E-state index in [9.17, 15) is 31.1 Å². The van der Waals surface area contributed by atoms with E-state index in [1.54, 1.807) is 0 Å². The van der Waals surface area contributed by atoms with Gasteiger partial charge in [0.05, 0.1) is 6.54 Å². The van der Waals surface area contributed by atoms with E-state index < -0.39 is 24.3 Å². The summed E-state index contributed by atoms with van der Waals surface area (Å²) in [5.41, 5.74) is 3.24. The van der Waals surface area contributed by atoms with Crippen molar-refractivity contribution in [3.8, 4) is 0 Å². The molecule has 1 amide bonds. The van der Waals surface area contributed by atoms with E-state index in [1.165, 1.54) is 49.9 Å². The summed E-state index contributed by atoms with van der Waals surface area (Å²) in [6.45, 7) is 8.04. The third-order valence-corrected chi connectivity index (χ3v) is 6.56. The normalized spacial score (nSPS) is 17.5. The molecule has 0 aliphatic carbocycles. The maximum Gasteiger partial charge on any atom is 0.490 e. The number of halogens is 6. The number of piperidine rings is 2. The average molecular weight is 572 g/mol. The van der Waals surface area contributed by atoms with Gasteiger partial charge in [-0.05, 0) is 70.8 Å². The molecule has 2 heterocycles. The number of aliphatic carboxylic acids is 2. The minimum Gasteiger partial charge on any atom is -0.475 e. The highest BCUT2D eigenvalue weighted by Gasteiger charge is 2.39. The van der Waals surface area contributed by atoms with E-state index in [1.807, 2.05) is 19.0 Å². The summed E-state index contributed by atoms with van der Waals surface area (Å²) in [7, 11) is 3.93. The van der Waals surface area contributed by atoms with Crippen molar-refractivity contribution >= 4 is 17.8 Å². The molecule has 39 heavy (non-hydrogen) atoms. The maximum absolute atomic E-state index is 12.2. The summed E-state index contributed by atoms with van der Waals surface area (Å²) in [5, 5.41) is 14.2. The van der Waals surface area contributed by atoms with Crippen LogP contribution < -0.4 is 0 Å². The van der Waals surface area contributed by atoms with Crippen molar-refractivity contribution < 1.29 is 50.9 Å². The first-order valence-corrected chi connectivity index (χ1v) is 12.2. The van der Waals surface area contributed by atoms with E-state index in [-0.39, 0.29) is 5.91 Å². The van der Waals surface area contributed by atoms with E-state index in [2.05, 4.69) is 41.0 Å². The Morgan fingerprint density at radius 3 is 1.56 bits per heavy atom. The first kappa shape index (κ1) is 34.2. The molecule has 2 saturated heterocycles. The largest absolute Gasteiger partial charge is 0.490 e. The molecule has 8 nitrogen and oxygen atoms in total. The number of carboxylic acid groups (broad SMARTS) is 2. The lowest BCUT2D eigenvalue weighted by Gasteiger charge is -2.47. The lowest BCUT2D eigenvalue weighted by molar-refractivity contribution is -0.193. The van der Waals surface area contributed by atoms with Crippen LogP contribution in [0.4, 0.5) is 26.3 Å². The van der Waals surface area contributed by atoms with Crippen molar-refractivity contribution in [1.82, 2.24) is 14.7 Å². The predicted molar refractivity (Wildman–Crippen MR) is 130 cm³/mol. The molecule has 2 fully saturated rings. The smallest absolute Gasteiger partial charge is 0.475 e. The summed E-state index contributed by atoms with van der Waals surface area (Å²) < 4.78 is 63.5. The number of rotatable bonds is 4. The highest BCUT2D eigenvalue weighted by Crippen LogP contribution is 2.41. The van der Waals surface area contributed by atoms with Crippen LogP contribution in [-0.4, -0.2) is 102 Å². The number of hydrogen-bond acceptors (Lipinski definition) is 5. The number of likely N-dealkylation sites (N-methyl/N-ethyl adjacent to an activating group) is 1. The van der Waals surface area contributed by atoms with Gasteiger partial charge in [-0.15, -0.1) is 0 Å². The molecule has 14 heteroatoms. The van der Waals surface area contributed by atoms with Crippen molar-refractivity contribution in [3.63, 3.8) is 0 Å². The van der Waals surface area contributed by atoms with Crippen molar-refractivity contribution in [2.75, 3.05) is 46.8 Å². The molecule has 3 rings (SSSR count). The molecule has 1 spiro atoms. The van der Waals surface area contributed by atoms with Crippen LogP contribution in [0.15, 0.2) is 24.3 Å². The number of likely N-dealkylation sites (tertiary alicyclic amines) is 2. The fourth-order valence-corrected chi connectivity index (χ4v) is 4.24. The summed E-state index contributed by atoms with van der Waals surface area (Å²) in [5.74, 6) is -5.23.